The van der Waals surface area contributed by atoms with Crippen LogP contribution in [0.3, 0.4) is 0 Å². The quantitative estimate of drug-likeness (QED) is 0.726. The molecular weight excluding hydrogens is 265 g/mol. The third-order valence-corrected chi connectivity index (χ3v) is 4.46. The number of rotatable bonds is 2. The fourth-order valence-electron chi connectivity index (χ4n) is 2.99. The van der Waals surface area contributed by atoms with Gasteiger partial charge in [0.2, 0.25) is 0 Å². The van der Waals surface area contributed by atoms with Crippen LogP contribution < -0.4 is 0 Å². The molecule has 96 valence electrons. The summed E-state index contributed by atoms with van der Waals surface area (Å²) in [6.45, 7) is 2.23. The standard InChI is InChI=1S/C15H17Cl2N/c1-11-3-2-6-15(8-11,10-18)9-12-4-5-13(16)7-14(12)17/h4-5,7,11H,2-3,6,8-9H2,1H3. The average molecular weight is 282 g/mol. The van der Waals surface area contributed by atoms with Gasteiger partial charge in [0.1, 0.15) is 0 Å². The molecule has 1 fully saturated rings. The molecule has 2 unspecified atom stereocenters. The van der Waals surface area contributed by atoms with Crippen molar-refractivity contribution in [3.05, 3.63) is 33.8 Å². The highest BCUT2D eigenvalue weighted by molar-refractivity contribution is 6.35. The van der Waals surface area contributed by atoms with Crippen molar-refractivity contribution < 1.29 is 0 Å². The highest BCUT2D eigenvalue weighted by Gasteiger charge is 2.35. The summed E-state index contributed by atoms with van der Waals surface area (Å²) < 4.78 is 0. The molecule has 0 radical (unpaired) electrons. The average Bonchev–Trinajstić information content (AvgIpc) is 2.33. The van der Waals surface area contributed by atoms with Crippen molar-refractivity contribution in [2.75, 3.05) is 0 Å². The van der Waals surface area contributed by atoms with Crippen molar-refractivity contribution in [1.29, 1.82) is 5.26 Å². The van der Waals surface area contributed by atoms with E-state index in [1.165, 1.54) is 6.42 Å². The predicted molar refractivity (Wildman–Crippen MR) is 75.8 cm³/mol. The van der Waals surface area contributed by atoms with Crippen LogP contribution in [-0.2, 0) is 6.42 Å². The summed E-state index contributed by atoms with van der Waals surface area (Å²) >= 11 is 12.1. The van der Waals surface area contributed by atoms with Gasteiger partial charge in [0, 0.05) is 10.0 Å². The largest absolute Gasteiger partial charge is 0.198 e. The molecule has 3 heteroatoms. The lowest BCUT2D eigenvalue weighted by atomic mass is 9.68. The topological polar surface area (TPSA) is 23.8 Å². The Morgan fingerprint density at radius 1 is 1.44 bits per heavy atom. The van der Waals surface area contributed by atoms with Crippen LogP contribution in [0.15, 0.2) is 18.2 Å². The molecule has 0 spiro atoms. The molecule has 0 N–H and O–H groups in total. The third kappa shape index (κ3) is 2.99. The van der Waals surface area contributed by atoms with Gasteiger partial charge in [0.05, 0.1) is 11.5 Å². The van der Waals surface area contributed by atoms with Gasteiger partial charge in [0.15, 0.2) is 0 Å². The lowest BCUT2D eigenvalue weighted by molar-refractivity contribution is 0.209. The predicted octanol–water partition coefficient (Wildman–Crippen LogP) is 5.26. The summed E-state index contributed by atoms with van der Waals surface area (Å²) in [5, 5.41) is 10.9. The first-order valence-corrected chi connectivity index (χ1v) is 7.15. The molecule has 1 nitrogen and oxygen atoms in total. The number of hydrogen-bond acceptors (Lipinski definition) is 1. The van der Waals surface area contributed by atoms with Crippen LogP contribution in [0.4, 0.5) is 0 Å². The zero-order chi connectivity index (χ0) is 13.2. The molecule has 2 rings (SSSR count). The van der Waals surface area contributed by atoms with Crippen LogP contribution in [0.25, 0.3) is 0 Å². The lowest BCUT2D eigenvalue weighted by Crippen LogP contribution is -2.28. The Bertz CT molecular complexity index is 478. The van der Waals surface area contributed by atoms with Gasteiger partial charge in [-0.1, -0.05) is 49.0 Å². The molecular formula is C15H17Cl2N. The van der Waals surface area contributed by atoms with E-state index in [4.69, 9.17) is 23.2 Å². The van der Waals surface area contributed by atoms with Gasteiger partial charge in [-0.25, -0.2) is 0 Å². The van der Waals surface area contributed by atoms with E-state index in [9.17, 15) is 5.26 Å². The fourth-order valence-corrected chi connectivity index (χ4v) is 3.47. The van der Waals surface area contributed by atoms with Crippen LogP contribution in [0.1, 0.15) is 38.2 Å². The van der Waals surface area contributed by atoms with Gasteiger partial charge >= 0.3 is 0 Å². The minimum Gasteiger partial charge on any atom is -0.198 e. The molecule has 0 aliphatic heterocycles. The van der Waals surface area contributed by atoms with Crippen LogP contribution in [0.2, 0.25) is 10.0 Å². The molecule has 1 aromatic carbocycles. The summed E-state index contributed by atoms with van der Waals surface area (Å²) in [4.78, 5) is 0. The summed E-state index contributed by atoms with van der Waals surface area (Å²) in [6, 6.07) is 8.10. The van der Waals surface area contributed by atoms with E-state index in [-0.39, 0.29) is 5.41 Å². The van der Waals surface area contributed by atoms with E-state index in [0.717, 1.165) is 31.2 Å². The van der Waals surface area contributed by atoms with E-state index in [2.05, 4.69) is 13.0 Å². The van der Waals surface area contributed by atoms with Crippen LogP contribution >= 0.6 is 23.2 Å². The molecule has 2 atom stereocenters. The first kappa shape index (κ1) is 13.7. The van der Waals surface area contributed by atoms with Crippen molar-refractivity contribution in [3.63, 3.8) is 0 Å². The number of benzene rings is 1. The summed E-state index contributed by atoms with van der Waals surface area (Å²) in [7, 11) is 0. The normalized spacial score (nSPS) is 27.8. The second kappa shape index (κ2) is 5.51. The highest BCUT2D eigenvalue weighted by atomic mass is 35.5. The van der Waals surface area contributed by atoms with Gasteiger partial charge in [-0.3, -0.25) is 0 Å². The molecule has 0 aromatic heterocycles. The van der Waals surface area contributed by atoms with Crippen LogP contribution in [0, 0.1) is 22.7 Å². The smallest absolute Gasteiger partial charge is 0.0693 e. The van der Waals surface area contributed by atoms with Gasteiger partial charge in [0.25, 0.3) is 0 Å². The maximum atomic E-state index is 9.55. The summed E-state index contributed by atoms with van der Waals surface area (Å²) in [6.07, 6.45) is 5.07. The first-order valence-electron chi connectivity index (χ1n) is 6.40. The molecule has 0 bridgehead atoms. The Labute approximate surface area is 119 Å². The number of nitriles is 1. The van der Waals surface area contributed by atoms with E-state index in [1.807, 2.05) is 12.1 Å². The maximum Gasteiger partial charge on any atom is 0.0693 e. The minimum absolute atomic E-state index is 0.241. The zero-order valence-corrected chi connectivity index (χ0v) is 12.1. The Balaban J connectivity index is 2.22. The Morgan fingerprint density at radius 3 is 2.83 bits per heavy atom. The van der Waals surface area contributed by atoms with Crippen molar-refractivity contribution in [2.24, 2.45) is 11.3 Å². The molecule has 0 heterocycles. The molecule has 0 saturated heterocycles. The third-order valence-electron chi connectivity index (χ3n) is 3.87. The van der Waals surface area contributed by atoms with E-state index >= 15 is 0 Å². The van der Waals surface area contributed by atoms with Crippen LogP contribution in [0.5, 0.6) is 0 Å². The minimum atomic E-state index is -0.241. The lowest BCUT2D eigenvalue weighted by Gasteiger charge is -2.34. The Hall–Kier alpha value is -0.710. The highest BCUT2D eigenvalue weighted by Crippen LogP contribution is 2.42. The fraction of sp³-hybridized carbons (Fsp3) is 0.533. The van der Waals surface area contributed by atoms with Crippen molar-refractivity contribution in [2.45, 2.75) is 39.0 Å². The Kier molecular flexibility index (Phi) is 4.20. The molecule has 1 aliphatic carbocycles. The molecule has 1 saturated carbocycles. The first-order chi connectivity index (χ1) is 8.54. The van der Waals surface area contributed by atoms with Gasteiger partial charge in [-0.15, -0.1) is 0 Å². The molecule has 0 amide bonds. The summed E-state index contributed by atoms with van der Waals surface area (Å²) in [5.41, 5.74) is 0.798. The number of hydrogen-bond donors (Lipinski definition) is 0. The van der Waals surface area contributed by atoms with E-state index < -0.39 is 0 Å². The van der Waals surface area contributed by atoms with E-state index in [1.54, 1.807) is 6.07 Å². The second-order valence-electron chi connectivity index (χ2n) is 5.51. The zero-order valence-electron chi connectivity index (χ0n) is 10.5. The molecule has 18 heavy (non-hydrogen) atoms. The van der Waals surface area contributed by atoms with Crippen molar-refractivity contribution in [3.8, 4) is 6.07 Å². The second-order valence-corrected chi connectivity index (χ2v) is 6.35. The van der Waals surface area contributed by atoms with Gasteiger partial charge in [-0.2, -0.15) is 5.26 Å². The monoisotopic (exact) mass is 281 g/mol. The van der Waals surface area contributed by atoms with Gasteiger partial charge in [-0.05, 0) is 42.9 Å². The van der Waals surface area contributed by atoms with Crippen LogP contribution in [-0.4, -0.2) is 0 Å². The maximum absolute atomic E-state index is 9.55. The summed E-state index contributed by atoms with van der Waals surface area (Å²) in [5.74, 6) is 0.629. The molecule has 1 aromatic rings. The van der Waals surface area contributed by atoms with Gasteiger partial charge < -0.3 is 0 Å². The van der Waals surface area contributed by atoms with Crippen molar-refractivity contribution in [1.82, 2.24) is 0 Å². The van der Waals surface area contributed by atoms with Crippen molar-refractivity contribution >= 4 is 23.2 Å². The molecule has 1 aliphatic rings. The Morgan fingerprint density at radius 2 is 2.22 bits per heavy atom. The SMILES string of the molecule is CC1CCCC(C#N)(Cc2ccc(Cl)cc2Cl)C1. The number of nitrogens with zero attached hydrogens (tertiary/aromatic N) is 1. The number of halogens is 2. The van der Waals surface area contributed by atoms with E-state index in [0.29, 0.717) is 16.0 Å².